The summed E-state index contributed by atoms with van der Waals surface area (Å²) in [6.45, 7) is -0.0131. The van der Waals surface area contributed by atoms with Crippen LogP contribution in [0, 0.1) is 5.92 Å². The number of carbonyl (C=O) groups excluding carboxylic acids is 1. The summed E-state index contributed by atoms with van der Waals surface area (Å²) in [6.07, 6.45) is 0.360. The maximum Gasteiger partial charge on any atom is 0.224 e. The molecule has 7 heteroatoms. The van der Waals surface area contributed by atoms with Gasteiger partial charge in [-0.2, -0.15) is 0 Å². The lowest BCUT2D eigenvalue weighted by atomic mass is 10.1. The summed E-state index contributed by atoms with van der Waals surface area (Å²) in [7, 11) is -1.58. The van der Waals surface area contributed by atoms with Crippen molar-refractivity contribution in [3.8, 4) is 0 Å². The Morgan fingerprint density at radius 3 is 2.75 bits per heavy atom. The molecule has 6 nitrogen and oxygen atoms in total. The summed E-state index contributed by atoms with van der Waals surface area (Å²) in [5.74, 6) is -0.837. The molecule has 1 aliphatic rings. The van der Waals surface area contributed by atoms with E-state index in [1.165, 1.54) is 7.11 Å². The fourth-order valence-electron chi connectivity index (χ4n) is 1.66. The van der Waals surface area contributed by atoms with Crippen LogP contribution in [0.3, 0.4) is 0 Å². The van der Waals surface area contributed by atoms with Gasteiger partial charge in [0.2, 0.25) is 5.91 Å². The molecule has 1 amide bonds. The first-order valence-electron chi connectivity index (χ1n) is 5.09. The number of sulfone groups is 1. The van der Waals surface area contributed by atoms with Gasteiger partial charge < -0.3 is 15.2 Å². The van der Waals surface area contributed by atoms with E-state index in [0.717, 1.165) is 0 Å². The molecule has 1 saturated heterocycles. The molecule has 0 bridgehead atoms. The Labute approximate surface area is 94.9 Å². The fraction of sp³-hybridized carbons (Fsp3) is 0.889. The van der Waals surface area contributed by atoms with E-state index in [1.807, 2.05) is 0 Å². The normalized spacial score (nSPS) is 25.2. The van der Waals surface area contributed by atoms with Crippen LogP contribution in [-0.4, -0.2) is 57.3 Å². The van der Waals surface area contributed by atoms with Gasteiger partial charge >= 0.3 is 0 Å². The average molecular weight is 251 g/mol. The third-order valence-electron chi connectivity index (χ3n) is 2.54. The van der Waals surface area contributed by atoms with E-state index >= 15 is 0 Å². The van der Waals surface area contributed by atoms with Gasteiger partial charge in [-0.25, -0.2) is 8.42 Å². The Bertz CT molecular complexity index is 340. The number of rotatable bonds is 5. The molecule has 0 saturated carbocycles. The van der Waals surface area contributed by atoms with Gasteiger partial charge in [0, 0.05) is 7.11 Å². The molecule has 16 heavy (non-hydrogen) atoms. The zero-order valence-electron chi connectivity index (χ0n) is 9.18. The molecule has 0 spiro atoms. The van der Waals surface area contributed by atoms with E-state index in [0.29, 0.717) is 6.42 Å². The summed E-state index contributed by atoms with van der Waals surface area (Å²) in [5.41, 5.74) is 0. The van der Waals surface area contributed by atoms with Gasteiger partial charge in [0.15, 0.2) is 9.84 Å². The number of nitrogens with one attached hydrogen (secondary N) is 1. The molecule has 0 aliphatic carbocycles. The Morgan fingerprint density at radius 2 is 2.31 bits per heavy atom. The van der Waals surface area contributed by atoms with Crippen LogP contribution in [0.15, 0.2) is 0 Å². The zero-order valence-corrected chi connectivity index (χ0v) is 10.00. The van der Waals surface area contributed by atoms with Crippen LogP contribution in [0.2, 0.25) is 0 Å². The molecule has 94 valence electrons. The minimum atomic E-state index is -3.05. The highest BCUT2D eigenvalue weighted by Crippen LogP contribution is 2.18. The first-order valence-corrected chi connectivity index (χ1v) is 6.91. The van der Waals surface area contributed by atoms with Gasteiger partial charge in [-0.05, 0) is 6.42 Å². The monoisotopic (exact) mass is 251 g/mol. The van der Waals surface area contributed by atoms with Crippen LogP contribution < -0.4 is 5.32 Å². The summed E-state index contributed by atoms with van der Waals surface area (Å²) in [6, 6.07) is -0.471. The predicted molar refractivity (Wildman–Crippen MR) is 57.7 cm³/mol. The van der Waals surface area contributed by atoms with Crippen LogP contribution in [-0.2, 0) is 19.4 Å². The Kier molecular flexibility index (Phi) is 4.69. The van der Waals surface area contributed by atoms with Gasteiger partial charge in [-0.3, -0.25) is 4.79 Å². The molecule has 2 atom stereocenters. The minimum Gasteiger partial charge on any atom is -0.394 e. The SMILES string of the molecule is COCC(CO)NC(=O)C1CCS(=O)(=O)C1. The van der Waals surface area contributed by atoms with Gasteiger partial charge in [-0.15, -0.1) is 0 Å². The van der Waals surface area contributed by atoms with Crippen molar-refractivity contribution in [3.63, 3.8) is 0 Å². The second-order valence-electron chi connectivity index (χ2n) is 3.94. The zero-order chi connectivity index (χ0) is 12.2. The van der Waals surface area contributed by atoms with Crippen LogP contribution in [0.5, 0.6) is 0 Å². The minimum absolute atomic E-state index is 0.0686. The lowest BCUT2D eigenvalue weighted by Gasteiger charge is -2.17. The average Bonchev–Trinajstić information content (AvgIpc) is 2.58. The largest absolute Gasteiger partial charge is 0.394 e. The lowest BCUT2D eigenvalue weighted by Crippen LogP contribution is -2.43. The topological polar surface area (TPSA) is 92.7 Å². The molecule has 0 radical (unpaired) electrons. The van der Waals surface area contributed by atoms with Crippen molar-refractivity contribution in [2.24, 2.45) is 5.92 Å². The quantitative estimate of drug-likeness (QED) is 0.623. The number of hydrogen-bond donors (Lipinski definition) is 2. The van der Waals surface area contributed by atoms with Crippen molar-refractivity contribution in [3.05, 3.63) is 0 Å². The van der Waals surface area contributed by atoms with Gasteiger partial charge in [0.25, 0.3) is 0 Å². The first-order chi connectivity index (χ1) is 7.48. The van der Waals surface area contributed by atoms with Crippen molar-refractivity contribution < 1.29 is 23.1 Å². The van der Waals surface area contributed by atoms with Crippen molar-refractivity contribution in [2.45, 2.75) is 12.5 Å². The highest BCUT2D eigenvalue weighted by molar-refractivity contribution is 7.91. The summed E-state index contributed by atoms with van der Waals surface area (Å²) in [5, 5.41) is 11.5. The number of hydrogen-bond acceptors (Lipinski definition) is 5. The molecular formula is C9H17NO5S. The highest BCUT2D eigenvalue weighted by Gasteiger charge is 2.33. The Balaban J connectivity index is 2.46. The molecule has 2 N–H and O–H groups in total. The number of carbonyl (C=O) groups is 1. The van der Waals surface area contributed by atoms with Crippen molar-refractivity contribution in [1.29, 1.82) is 0 Å². The van der Waals surface area contributed by atoms with E-state index in [9.17, 15) is 13.2 Å². The van der Waals surface area contributed by atoms with Crippen LogP contribution in [0.4, 0.5) is 0 Å². The van der Waals surface area contributed by atoms with E-state index in [1.54, 1.807) is 0 Å². The van der Waals surface area contributed by atoms with Crippen LogP contribution in [0.1, 0.15) is 6.42 Å². The van der Waals surface area contributed by atoms with E-state index < -0.39 is 21.8 Å². The lowest BCUT2D eigenvalue weighted by molar-refractivity contribution is -0.125. The second-order valence-corrected chi connectivity index (χ2v) is 6.17. The number of ether oxygens (including phenoxy) is 1. The molecular weight excluding hydrogens is 234 g/mol. The van der Waals surface area contributed by atoms with E-state index in [-0.39, 0.29) is 30.6 Å². The van der Waals surface area contributed by atoms with E-state index in [2.05, 4.69) is 5.32 Å². The number of amides is 1. The van der Waals surface area contributed by atoms with E-state index in [4.69, 9.17) is 9.84 Å². The molecule has 1 heterocycles. The van der Waals surface area contributed by atoms with Crippen molar-refractivity contribution in [2.75, 3.05) is 31.8 Å². The molecule has 0 aromatic carbocycles. The first kappa shape index (κ1) is 13.4. The summed E-state index contributed by atoms with van der Waals surface area (Å²) >= 11 is 0. The molecule has 1 fully saturated rings. The third kappa shape index (κ3) is 3.73. The van der Waals surface area contributed by atoms with Gasteiger partial charge in [-0.1, -0.05) is 0 Å². The van der Waals surface area contributed by atoms with Crippen molar-refractivity contribution >= 4 is 15.7 Å². The summed E-state index contributed by atoms with van der Waals surface area (Å²) in [4.78, 5) is 11.6. The maximum atomic E-state index is 11.6. The third-order valence-corrected chi connectivity index (χ3v) is 4.31. The molecule has 0 aromatic heterocycles. The Hall–Kier alpha value is -0.660. The standard InChI is InChI=1S/C9H17NO5S/c1-15-5-8(4-11)10-9(12)7-2-3-16(13,14)6-7/h7-8,11H,2-6H2,1H3,(H,10,12). The van der Waals surface area contributed by atoms with Gasteiger partial charge in [0.1, 0.15) is 0 Å². The molecule has 1 rings (SSSR count). The molecule has 1 aliphatic heterocycles. The second kappa shape index (κ2) is 5.60. The summed E-state index contributed by atoms with van der Waals surface area (Å²) < 4.78 is 27.2. The highest BCUT2D eigenvalue weighted by atomic mass is 32.2. The predicted octanol–water partition coefficient (Wildman–Crippen LogP) is -1.46. The number of aliphatic hydroxyl groups excluding tert-OH is 1. The van der Waals surface area contributed by atoms with Crippen LogP contribution >= 0.6 is 0 Å². The maximum absolute atomic E-state index is 11.6. The fourth-order valence-corrected chi connectivity index (χ4v) is 3.40. The number of methoxy groups -OCH3 is 1. The smallest absolute Gasteiger partial charge is 0.224 e. The Morgan fingerprint density at radius 1 is 1.62 bits per heavy atom. The molecule has 0 aromatic rings. The van der Waals surface area contributed by atoms with Crippen LogP contribution in [0.25, 0.3) is 0 Å². The van der Waals surface area contributed by atoms with Gasteiger partial charge in [0.05, 0.1) is 36.7 Å². The van der Waals surface area contributed by atoms with Crippen molar-refractivity contribution in [1.82, 2.24) is 5.32 Å². The molecule has 2 unspecified atom stereocenters. The number of aliphatic hydroxyl groups is 1.